The van der Waals surface area contributed by atoms with E-state index in [1.54, 1.807) is 12.5 Å². The lowest BCUT2D eigenvalue weighted by Crippen LogP contribution is -2.62. The van der Waals surface area contributed by atoms with Gasteiger partial charge in [-0.3, -0.25) is 4.79 Å². The Kier molecular flexibility index (Phi) is 4.10. The first kappa shape index (κ1) is 19.8. The molecule has 4 fully saturated rings. The second-order valence-corrected chi connectivity index (χ2v) is 12.3. The van der Waals surface area contributed by atoms with Crippen LogP contribution in [-0.2, 0) is 4.79 Å². The molecule has 0 aliphatic heterocycles. The van der Waals surface area contributed by atoms with E-state index in [4.69, 9.17) is 4.42 Å². The van der Waals surface area contributed by atoms with E-state index in [1.807, 2.05) is 6.07 Å². The predicted molar refractivity (Wildman–Crippen MR) is 113 cm³/mol. The highest BCUT2D eigenvalue weighted by Gasteiger charge is 2.68. The van der Waals surface area contributed by atoms with Crippen LogP contribution in [0, 0.1) is 39.4 Å². The summed E-state index contributed by atoms with van der Waals surface area (Å²) in [4.78, 5) is 13.3. The molecule has 5 rings (SSSR count). The second-order valence-electron chi connectivity index (χ2n) is 12.3. The van der Waals surface area contributed by atoms with Crippen molar-refractivity contribution in [2.45, 2.75) is 91.6 Å². The van der Waals surface area contributed by atoms with Crippen LogP contribution in [0.25, 0.3) is 0 Å². The smallest absolute Gasteiger partial charge is 0.141 e. The largest absolute Gasteiger partial charge is 0.472 e. The zero-order valence-corrected chi connectivity index (χ0v) is 18.8. The second kappa shape index (κ2) is 5.99. The fourth-order valence-electron chi connectivity index (χ4n) is 9.54. The Balaban J connectivity index is 1.54. The summed E-state index contributed by atoms with van der Waals surface area (Å²) >= 11 is 0. The Bertz CT molecular complexity index is 810. The predicted octanol–water partition coefficient (Wildman–Crippen LogP) is 5.97. The van der Waals surface area contributed by atoms with Crippen LogP contribution < -0.4 is 0 Å². The number of aliphatic hydroxyl groups excluding tert-OH is 1. The lowest BCUT2D eigenvalue weighted by atomic mass is 9.37. The molecule has 4 aliphatic carbocycles. The van der Waals surface area contributed by atoms with Gasteiger partial charge in [-0.15, -0.1) is 0 Å². The van der Waals surface area contributed by atoms with E-state index in [2.05, 4.69) is 34.6 Å². The third-order valence-corrected chi connectivity index (χ3v) is 10.9. The summed E-state index contributed by atoms with van der Waals surface area (Å²) in [6.07, 6.45) is 10.8. The first-order valence-electron chi connectivity index (χ1n) is 11.8. The SMILES string of the molecule is CC1(C)[C@@H](O)CC[C@]2(C)[C@H]3CC[C@]4(C)[C@@H](CC(=O)[C@H]4c4ccoc4)[C@]3(C)CC[C@@H]12. The van der Waals surface area contributed by atoms with Gasteiger partial charge in [0.25, 0.3) is 0 Å². The quantitative estimate of drug-likeness (QED) is 0.634. The van der Waals surface area contributed by atoms with Gasteiger partial charge in [-0.05, 0) is 84.0 Å². The number of carbonyl (C=O) groups is 1. The lowest BCUT2D eigenvalue weighted by molar-refractivity contribution is -0.208. The molecule has 1 aromatic heterocycles. The summed E-state index contributed by atoms with van der Waals surface area (Å²) in [7, 11) is 0. The average Bonchev–Trinajstić information content (AvgIpc) is 3.24. The van der Waals surface area contributed by atoms with Crippen LogP contribution in [0.1, 0.15) is 91.0 Å². The molecule has 3 nitrogen and oxygen atoms in total. The number of ketones is 1. The van der Waals surface area contributed by atoms with Gasteiger partial charge in [0, 0.05) is 12.0 Å². The standard InChI is InChI=1S/C26H38O3/c1-23(2)18-6-10-25(4)19(24(18,3)12-8-21(23)28)7-11-26(5)20(25)14-17(27)22(26)16-9-13-29-15-16/h9,13,15,18-22,28H,6-8,10-12,14H2,1-5H3/t18-,19+,20-,21-,22+,24-,25+,26+/m0/s1. The minimum Gasteiger partial charge on any atom is -0.472 e. The number of aliphatic hydroxyl groups is 1. The summed E-state index contributed by atoms with van der Waals surface area (Å²) < 4.78 is 5.38. The monoisotopic (exact) mass is 398 g/mol. The summed E-state index contributed by atoms with van der Waals surface area (Å²) in [5.74, 6) is 2.10. The van der Waals surface area contributed by atoms with Crippen LogP contribution in [0.2, 0.25) is 0 Å². The molecule has 0 unspecified atom stereocenters. The van der Waals surface area contributed by atoms with Gasteiger partial charge in [0.15, 0.2) is 0 Å². The molecular formula is C26H38O3. The third-order valence-electron chi connectivity index (χ3n) is 10.9. The highest BCUT2D eigenvalue weighted by molar-refractivity contribution is 5.89. The molecular weight excluding hydrogens is 360 g/mol. The average molecular weight is 399 g/mol. The first-order valence-corrected chi connectivity index (χ1v) is 11.8. The van der Waals surface area contributed by atoms with Crippen molar-refractivity contribution in [3.63, 3.8) is 0 Å². The molecule has 4 saturated carbocycles. The van der Waals surface area contributed by atoms with E-state index in [0.717, 1.165) is 31.2 Å². The molecule has 8 atom stereocenters. The maximum atomic E-state index is 13.3. The Morgan fingerprint density at radius 3 is 2.21 bits per heavy atom. The van der Waals surface area contributed by atoms with Gasteiger partial charge in [-0.25, -0.2) is 0 Å². The highest BCUT2D eigenvalue weighted by Crippen LogP contribution is 2.74. The Labute approximate surface area is 175 Å². The number of furan rings is 1. The van der Waals surface area contributed by atoms with Crippen LogP contribution in [0.5, 0.6) is 0 Å². The Morgan fingerprint density at radius 1 is 0.897 bits per heavy atom. The number of hydrogen-bond acceptors (Lipinski definition) is 3. The topological polar surface area (TPSA) is 50.4 Å². The number of rotatable bonds is 1. The molecule has 1 aromatic rings. The van der Waals surface area contributed by atoms with Crippen molar-refractivity contribution in [1.82, 2.24) is 0 Å². The fourth-order valence-corrected chi connectivity index (χ4v) is 9.54. The lowest BCUT2D eigenvalue weighted by Gasteiger charge is -2.68. The van der Waals surface area contributed by atoms with Crippen molar-refractivity contribution >= 4 is 5.78 Å². The zero-order chi connectivity index (χ0) is 20.8. The molecule has 4 aliphatic rings. The fraction of sp³-hybridized carbons (Fsp3) is 0.808. The third kappa shape index (κ3) is 2.37. The molecule has 0 spiro atoms. The van der Waals surface area contributed by atoms with Crippen molar-refractivity contribution in [2.75, 3.05) is 0 Å². The maximum absolute atomic E-state index is 13.3. The summed E-state index contributed by atoms with van der Waals surface area (Å²) in [6.45, 7) is 12.0. The van der Waals surface area contributed by atoms with Crippen LogP contribution in [0.3, 0.4) is 0 Å². The zero-order valence-electron chi connectivity index (χ0n) is 18.8. The van der Waals surface area contributed by atoms with Crippen molar-refractivity contribution in [2.24, 2.45) is 39.4 Å². The van der Waals surface area contributed by atoms with Crippen molar-refractivity contribution in [3.05, 3.63) is 24.2 Å². The maximum Gasteiger partial charge on any atom is 0.141 e. The molecule has 0 saturated heterocycles. The molecule has 0 radical (unpaired) electrons. The summed E-state index contributed by atoms with van der Waals surface area (Å²) in [5, 5.41) is 10.8. The van der Waals surface area contributed by atoms with Crippen LogP contribution in [0.4, 0.5) is 0 Å². The Morgan fingerprint density at radius 2 is 1.52 bits per heavy atom. The summed E-state index contributed by atoms with van der Waals surface area (Å²) in [5.41, 5.74) is 1.60. The number of hydrogen-bond donors (Lipinski definition) is 1. The molecule has 1 heterocycles. The van der Waals surface area contributed by atoms with E-state index >= 15 is 0 Å². The number of Topliss-reactive ketones (excluding diaryl/α,β-unsaturated/α-hetero) is 1. The van der Waals surface area contributed by atoms with Gasteiger partial charge < -0.3 is 9.52 Å². The van der Waals surface area contributed by atoms with Gasteiger partial charge in [0.2, 0.25) is 0 Å². The van der Waals surface area contributed by atoms with Crippen LogP contribution in [0.15, 0.2) is 23.0 Å². The molecule has 0 amide bonds. The minimum absolute atomic E-state index is 0.000765. The molecule has 160 valence electrons. The van der Waals surface area contributed by atoms with Gasteiger partial charge in [0.05, 0.1) is 24.5 Å². The Hall–Kier alpha value is -1.09. The molecule has 0 bridgehead atoms. The van der Waals surface area contributed by atoms with E-state index in [9.17, 15) is 9.90 Å². The molecule has 0 aromatic carbocycles. The van der Waals surface area contributed by atoms with Crippen LogP contribution in [-0.4, -0.2) is 17.0 Å². The summed E-state index contributed by atoms with van der Waals surface area (Å²) in [6, 6.07) is 2.01. The van der Waals surface area contributed by atoms with E-state index in [0.29, 0.717) is 23.5 Å². The van der Waals surface area contributed by atoms with E-state index < -0.39 is 0 Å². The highest BCUT2D eigenvalue weighted by atomic mass is 16.3. The number of fused-ring (bicyclic) bond motifs is 5. The van der Waals surface area contributed by atoms with Crippen LogP contribution >= 0.6 is 0 Å². The minimum atomic E-state index is -0.183. The molecule has 29 heavy (non-hydrogen) atoms. The van der Waals surface area contributed by atoms with Crippen molar-refractivity contribution < 1.29 is 14.3 Å². The van der Waals surface area contributed by atoms with Gasteiger partial charge in [-0.1, -0.05) is 34.6 Å². The van der Waals surface area contributed by atoms with Gasteiger partial charge >= 0.3 is 0 Å². The molecule has 3 heteroatoms. The van der Waals surface area contributed by atoms with Crippen molar-refractivity contribution in [3.8, 4) is 0 Å². The molecule has 1 N–H and O–H groups in total. The van der Waals surface area contributed by atoms with E-state index in [1.165, 1.54) is 19.3 Å². The van der Waals surface area contributed by atoms with Crippen molar-refractivity contribution in [1.29, 1.82) is 0 Å². The van der Waals surface area contributed by atoms with Gasteiger partial charge in [-0.2, -0.15) is 0 Å². The van der Waals surface area contributed by atoms with E-state index in [-0.39, 0.29) is 33.7 Å². The number of carbonyl (C=O) groups excluding carboxylic acids is 1. The normalized spacial score (nSPS) is 51.2. The van der Waals surface area contributed by atoms with Gasteiger partial charge in [0.1, 0.15) is 5.78 Å². The first-order chi connectivity index (χ1) is 13.5.